The van der Waals surface area contributed by atoms with Crippen LogP contribution in [0.25, 0.3) is 0 Å². The molecule has 0 aliphatic carbocycles. The molecule has 0 bridgehead atoms. The lowest BCUT2D eigenvalue weighted by molar-refractivity contribution is -0.0493. The minimum Gasteiger partial charge on any atom is -0.433 e. The van der Waals surface area contributed by atoms with Crippen LogP contribution in [0.4, 0.5) is 14.5 Å². The third-order valence-electron chi connectivity index (χ3n) is 1.65. The van der Waals surface area contributed by atoms with Gasteiger partial charge in [0.1, 0.15) is 5.75 Å². The molecule has 1 N–H and O–H groups in total. The summed E-state index contributed by atoms with van der Waals surface area (Å²) in [5.41, 5.74) is 0.514. The summed E-state index contributed by atoms with van der Waals surface area (Å²) in [4.78, 5) is 0. The average Bonchev–Trinajstić information content (AvgIpc) is 2.20. The fraction of sp³-hybridized carbons (Fsp3) is 0.273. The Balaban J connectivity index is 2.70. The van der Waals surface area contributed by atoms with Crippen molar-refractivity contribution in [2.45, 2.75) is 13.5 Å². The monoisotopic (exact) mass is 211 g/mol. The molecule has 0 aliphatic heterocycles. The quantitative estimate of drug-likeness (QED) is 0.773. The van der Waals surface area contributed by atoms with Crippen LogP contribution in [0.1, 0.15) is 6.92 Å². The molecule has 4 heteroatoms. The van der Waals surface area contributed by atoms with Gasteiger partial charge in [-0.05, 0) is 19.1 Å². The number of rotatable bonds is 4. The lowest BCUT2D eigenvalue weighted by Gasteiger charge is -2.10. The van der Waals surface area contributed by atoms with E-state index in [1.54, 1.807) is 25.1 Å². The highest BCUT2D eigenvalue weighted by atomic mass is 19.3. The van der Waals surface area contributed by atoms with Crippen molar-refractivity contribution in [3.05, 3.63) is 24.3 Å². The summed E-state index contributed by atoms with van der Waals surface area (Å²) >= 11 is 0. The lowest BCUT2D eigenvalue weighted by Crippen LogP contribution is -2.06. The number of halogens is 2. The number of hydrogen-bond donors (Lipinski definition) is 1. The highest BCUT2D eigenvalue weighted by molar-refractivity contribution is 5.56. The van der Waals surface area contributed by atoms with Gasteiger partial charge in [0.05, 0.1) is 12.2 Å². The summed E-state index contributed by atoms with van der Waals surface area (Å²) < 4.78 is 28.4. The maximum Gasteiger partial charge on any atom is 0.387 e. The first kappa shape index (κ1) is 11.3. The second-order valence-electron chi connectivity index (χ2n) is 2.65. The first-order chi connectivity index (χ1) is 7.24. The van der Waals surface area contributed by atoms with Gasteiger partial charge in [0.2, 0.25) is 0 Å². The number of hydrogen-bond acceptors (Lipinski definition) is 2. The summed E-state index contributed by atoms with van der Waals surface area (Å²) in [5.74, 6) is 5.60. The predicted octanol–water partition coefficient (Wildman–Crippen LogP) is 2.72. The Labute approximate surface area is 87.2 Å². The normalized spacial score (nSPS) is 9.33. The number of para-hydroxylation sites is 2. The summed E-state index contributed by atoms with van der Waals surface area (Å²) in [6, 6.07) is 6.51. The number of alkyl halides is 2. The van der Waals surface area contributed by atoms with Crippen molar-refractivity contribution in [3.63, 3.8) is 0 Å². The van der Waals surface area contributed by atoms with E-state index in [1.165, 1.54) is 6.07 Å². The van der Waals surface area contributed by atoms with Crippen molar-refractivity contribution in [2.24, 2.45) is 0 Å². The van der Waals surface area contributed by atoms with Gasteiger partial charge in [0.25, 0.3) is 0 Å². The second kappa shape index (κ2) is 5.86. The van der Waals surface area contributed by atoms with Gasteiger partial charge in [0, 0.05) is 0 Å². The summed E-state index contributed by atoms with van der Waals surface area (Å²) in [5, 5.41) is 2.89. The van der Waals surface area contributed by atoms with Crippen LogP contribution < -0.4 is 10.1 Å². The highest BCUT2D eigenvalue weighted by Crippen LogP contribution is 2.24. The largest absolute Gasteiger partial charge is 0.433 e. The fourth-order valence-electron chi connectivity index (χ4n) is 1.04. The lowest BCUT2D eigenvalue weighted by atomic mass is 10.3. The summed E-state index contributed by atoms with van der Waals surface area (Å²) in [6.45, 7) is -0.700. The molecule has 1 rings (SSSR count). The van der Waals surface area contributed by atoms with Crippen molar-refractivity contribution in [1.29, 1.82) is 0 Å². The Morgan fingerprint density at radius 1 is 1.40 bits per heavy atom. The van der Waals surface area contributed by atoms with Gasteiger partial charge >= 0.3 is 6.61 Å². The van der Waals surface area contributed by atoms with E-state index in [2.05, 4.69) is 21.9 Å². The molecule has 0 spiro atoms. The van der Waals surface area contributed by atoms with E-state index in [4.69, 9.17) is 0 Å². The maximum absolute atomic E-state index is 12.0. The Kier molecular flexibility index (Phi) is 4.42. The average molecular weight is 211 g/mol. The molecule has 0 unspecified atom stereocenters. The Morgan fingerprint density at radius 3 is 2.80 bits per heavy atom. The molecule has 0 radical (unpaired) electrons. The number of benzene rings is 1. The Morgan fingerprint density at radius 2 is 2.13 bits per heavy atom. The molecule has 2 nitrogen and oxygen atoms in total. The van der Waals surface area contributed by atoms with Crippen LogP contribution in [0.3, 0.4) is 0 Å². The molecule has 0 amide bonds. The predicted molar refractivity (Wildman–Crippen MR) is 55.0 cm³/mol. The third-order valence-corrected chi connectivity index (χ3v) is 1.65. The number of anilines is 1. The third kappa shape index (κ3) is 3.86. The topological polar surface area (TPSA) is 21.3 Å². The van der Waals surface area contributed by atoms with Crippen LogP contribution in [0.15, 0.2) is 24.3 Å². The van der Waals surface area contributed by atoms with Gasteiger partial charge in [-0.15, -0.1) is 5.92 Å². The zero-order valence-electron chi connectivity index (χ0n) is 8.26. The van der Waals surface area contributed by atoms with E-state index in [-0.39, 0.29) is 5.75 Å². The first-order valence-electron chi connectivity index (χ1n) is 4.41. The van der Waals surface area contributed by atoms with Crippen LogP contribution in [-0.2, 0) is 0 Å². The zero-order valence-corrected chi connectivity index (χ0v) is 8.26. The fourth-order valence-corrected chi connectivity index (χ4v) is 1.04. The minimum atomic E-state index is -2.81. The van der Waals surface area contributed by atoms with Gasteiger partial charge in [-0.2, -0.15) is 8.78 Å². The maximum atomic E-state index is 12.0. The van der Waals surface area contributed by atoms with Crippen LogP contribution >= 0.6 is 0 Å². The van der Waals surface area contributed by atoms with E-state index in [1.807, 2.05) is 0 Å². The minimum absolute atomic E-state index is 0.130. The SMILES string of the molecule is CC#CCNc1ccccc1OC(F)F. The van der Waals surface area contributed by atoms with E-state index in [9.17, 15) is 8.78 Å². The molecule has 0 fully saturated rings. The van der Waals surface area contributed by atoms with Gasteiger partial charge in [0.15, 0.2) is 0 Å². The van der Waals surface area contributed by atoms with Crippen molar-refractivity contribution >= 4 is 5.69 Å². The van der Waals surface area contributed by atoms with Gasteiger partial charge < -0.3 is 10.1 Å². The summed E-state index contributed by atoms with van der Waals surface area (Å²) in [7, 11) is 0. The Hall–Kier alpha value is -1.76. The molecule has 0 saturated carbocycles. The van der Waals surface area contributed by atoms with Crippen LogP contribution in [0.5, 0.6) is 5.75 Å². The molecule has 1 aromatic rings. The summed E-state index contributed by atoms with van der Waals surface area (Å²) in [6.07, 6.45) is 0. The highest BCUT2D eigenvalue weighted by Gasteiger charge is 2.07. The van der Waals surface area contributed by atoms with E-state index in [0.717, 1.165) is 0 Å². The number of ether oxygens (including phenoxy) is 1. The van der Waals surface area contributed by atoms with Crippen molar-refractivity contribution < 1.29 is 13.5 Å². The van der Waals surface area contributed by atoms with Crippen LogP contribution in [0, 0.1) is 11.8 Å². The molecule has 80 valence electrons. The zero-order chi connectivity index (χ0) is 11.1. The molecule has 0 heterocycles. The van der Waals surface area contributed by atoms with Gasteiger partial charge in [-0.1, -0.05) is 18.1 Å². The van der Waals surface area contributed by atoms with E-state index >= 15 is 0 Å². The Bertz CT molecular complexity index is 368. The smallest absolute Gasteiger partial charge is 0.387 e. The molecular formula is C11H11F2NO. The van der Waals surface area contributed by atoms with E-state index in [0.29, 0.717) is 12.2 Å². The first-order valence-corrected chi connectivity index (χ1v) is 4.41. The number of nitrogens with one attached hydrogen (secondary N) is 1. The van der Waals surface area contributed by atoms with Crippen LogP contribution in [0.2, 0.25) is 0 Å². The van der Waals surface area contributed by atoms with Gasteiger partial charge in [-0.3, -0.25) is 0 Å². The van der Waals surface area contributed by atoms with Crippen molar-refractivity contribution in [1.82, 2.24) is 0 Å². The van der Waals surface area contributed by atoms with Crippen molar-refractivity contribution in [3.8, 4) is 17.6 Å². The molecule has 15 heavy (non-hydrogen) atoms. The standard InChI is InChI=1S/C11H11F2NO/c1-2-3-8-14-9-6-4-5-7-10(9)15-11(12)13/h4-7,11,14H,8H2,1H3. The molecule has 0 saturated heterocycles. The molecule has 0 aliphatic rings. The molecular weight excluding hydrogens is 200 g/mol. The van der Waals surface area contributed by atoms with Gasteiger partial charge in [-0.25, -0.2) is 0 Å². The van der Waals surface area contributed by atoms with Crippen LogP contribution in [-0.4, -0.2) is 13.2 Å². The molecule has 0 atom stereocenters. The molecule has 1 aromatic carbocycles. The molecule has 0 aromatic heterocycles. The second-order valence-corrected chi connectivity index (χ2v) is 2.65. The van der Waals surface area contributed by atoms with Crippen molar-refractivity contribution in [2.75, 3.05) is 11.9 Å². The van der Waals surface area contributed by atoms with E-state index < -0.39 is 6.61 Å².